The van der Waals surface area contributed by atoms with Crippen LogP contribution in [-0.2, 0) is 6.42 Å². The molecule has 5 rings (SSSR count). The molecule has 0 radical (unpaired) electrons. The van der Waals surface area contributed by atoms with Crippen LogP contribution >= 0.6 is 0 Å². The summed E-state index contributed by atoms with van der Waals surface area (Å²) in [5, 5.41) is 32.5. The first kappa shape index (κ1) is 25.8. The molecule has 11 nitrogen and oxygen atoms in total. The summed E-state index contributed by atoms with van der Waals surface area (Å²) in [7, 11) is 0. The Morgan fingerprint density at radius 3 is 1.82 bits per heavy atom. The van der Waals surface area contributed by atoms with Crippen LogP contribution in [0.4, 0.5) is 34.9 Å². The van der Waals surface area contributed by atoms with Crippen molar-refractivity contribution >= 4 is 41.1 Å². The maximum absolute atomic E-state index is 11.6. The van der Waals surface area contributed by atoms with E-state index in [2.05, 4.69) is 36.1 Å². The summed E-state index contributed by atoms with van der Waals surface area (Å²) in [5.74, 6) is 0.153. The Labute approximate surface area is 229 Å². The van der Waals surface area contributed by atoms with E-state index < -0.39 is 16.4 Å². The van der Waals surface area contributed by atoms with Gasteiger partial charge in [-0.1, -0.05) is 66.7 Å². The van der Waals surface area contributed by atoms with Crippen LogP contribution in [0.25, 0.3) is 0 Å². The highest BCUT2D eigenvalue weighted by molar-refractivity contribution is 5.86. The van der Waals surface area contributed by atoms with E-state index in [1.807, 2.05) is 91.0 Å². The number of anilines is 5. The van der Waals surface area contributed by atoms with Crippen molar-refractivity contribution in [2.75, 3.05) is 16.1 Å². The minimum absolute atomic E-state index is 0.109. The molecule has 1 aromatic heterocycles. The molecule has 0 atom stereocenters. The largest absolute Gasteiger partial charge is 0.502 e. The van der Waals surface area contributed by atoms with Crippen LogP contribution < -0.4 is 16.1 Å². The van der Waals surface area contributed by atoms with Crippen molar-refractivity contribution in [2.45, 2.75) is 6.42 Å². The molecule has 0 amide bonds. The lowest BCUT2D eigenvalue weighted by atomic mass is 10.0. The minimum atomic E-state index is -0.621. The van der Waals surface area contributed by atoms with Crippen LogP contribution in [0, 0.1) is 10.1 Å². The van der Waals surface area contributed by atoms with Crippen molar-refractivity contribution in [3.05, 3.63) is 130 Å². The Hall–Kier alpha value is -5.84. The van der Waals surface area contributed by atoms with E-state index in [0.29, 0.717) is 12.0 Å². The molecule has 1 heterocycles. The van der Waals surface area contributed by atoms with Crippen LogP contribution in [0.3, 0.4) is 0 Å². The highest BCUT2D eigenvalue weighted by Gasteiger charge is 2.18. The standard InChI is InChI=1S/C29H24N8O3/c38-26-22(17-21(18-25(26)37(39)40)16-20-10-4-1-5-11-20)19-30-36-29-34-27(31-23-12-6-2-7-13-23)33-28(35-29)32-24-14-8-3-9-15-24/h1-15,17-19,38H,16H2,(H3,31,32,33,34,35,36)/b30-19+. The van der Waals surface area contributed by atoms with Crippen molar-refractivity contribution in [1.29, 1.82) is 0 Å². The molecule has 0 saturated heterocycles. The number of nitro benzene ring substituents is 1. The van der Waals surface area contributed by atoms with Crippen LogP contribution in [0.1, 0.15) is 16.7 Å². The zero-order chi connectivity index (χ0) is 27.7. The molecule has 0 aliphatic heterocycles. The molecule has 0 fully saturated rings. The number of hydrogen-bond acceptors (Lipinski definition) is 10. The lowest BCUT2D eigenvalue weighted by Gasteiger charge is -2.10. The van der Waals surface area contributed by atoms with Gasteiger partial charge < -0.3 is 15.7 Å². The average molecular weight is 533 g/mol. The third-order valence-corrected chi connectivity index (χ3v) is 5.69. The smallest absolute Gasteiger partial charge is 0.311 e. The van der Waals surface area contributed by atoms with Gasteiger partial charge in [0, 0.05) is 23.0 Å². The summed E-state index contributed by atoms with van der Waals surface area (Å²) in [6.45, 7) is 0. The lowest BCUT2D eigenvalue weighted by molar-refractivity contribution is -0.385. The van der Waals surface area contributed by atoms with E-state index >= 15 is 0 Å². The number of nitro groups is 1. The summed E-state index contributed by atoms with van der Waals surface area (Å²) in [6, 6.07) is 31.4. The molecule has 5 aromatic rings. The number of benzene rings is 4. The van der Waals surface area contributed by atoms with E-state index in [9.17, 15) is 15.2 Å². The third kappa shape index (κ3) is 6.72. The van der Waals surface area contributed by atoms with E-state index in [1.165, 1.54) is 12.3 Å². The molecule has 4 aromatic carbocycles. The van der Waals surface area contributed by atoms with Gasteiger partial charge in [-0.3, -0.25) is 10.1 Å². The number of hydrogen-bond donors (Lipinski definition) is 4. The number of phenols is 1. The molecule has 0 aliphatic rings. The van der Waals surface area contributed by atoms with E-state index in [1.54, 1.807) is 6.07 Å². The molecule has 198 valence electrons. The van der Waals surface area contributed by atoms with Gasteiger partial charge in [0.15, 0.2) is 0 Å². The second-order valence-corrected chi connectivity index (χ2v) is 8.63. The second kappa shape index (κ2) is 12.1. The zero-order valence-corrected chi connectivity index (χ0v) is 21.1. The van der Waals surface area contributed by atoms with Crippen LogP contribution in [0.15, 0.2) is 108 Å². The van der Waals surface area contributed by atoms with Gasteiger partial charge in [0.2, 0.25) is 23.6 Å². The quantitative estimate of drug-likeness (QED) is 0.0963. The maximum atomic E-state index is 11.6. The minimum Gasteiger partial charge on any atom is -0.502 e. The van der Waals surface area contributed by atoms with Gasteiger partial charge in [-0.15, -0.1) is 0 Å². The van der Waals surface area contributed by atoms with Gasteiger partial charge in [0.25, 0.3) is 0 Å². The summed E-state index contributed by atoms with van der Waals surface area (Å²) in [6.07, 6.45) is 1.74. The fraction of sp³-hybridized carbons (Fsp3) is 0.0345. The van der Waals surface area contributed by atoms with Gasteiger partial charge in [0.05, 0.1) is 11.1 Å². The first-order valence-electron chi connectivity index (χ1n) is 12.3. The van der Waals surface area contributed by atoms with Gasteiger partial charge in [0.1, 0.15) is 0 Å². The molecule has 11 heteroatoms. The summed E-state index contributed by atoms with van der Waals surface area (Å²) < 4.78 is 0. The SMILES string of the molecule is O=[N+]([O-])c1cc(Cc2ccccc2)cc(/C=N/Nc2nc(Nc3ccccc3)nc(Nc3ccccc3)n2)c1O. The Balaban J connectivity index is 1.41. The number of hydrazone groups is 1. The van der Waals surface area contributed by atoms with Crippen molar-refractivity contribution in [3.63, 3.8) is 0 Å². The predicted molar refractivity (Wildman–Crippen MR) is 155 cm³/mol. The monoisotopic (exact) mass is 532 g/mol. The van der Waals surface area contributed by atoms with Gasteiger partial charge in [-0.25, -0.2) is 5.43 Å². The Morgan fingerprint density at radius 2 is 1.27 bits per heavy atom. The van der Waals surface area contributed by atoms with Crippen LogP contribution in [0.5, 0.6) is 5.75 Å². The zero-order valence-electron chi connectivity index (χ0n) is 21.1. The number of phenolic OH excluding ortho intramolecular Hbond substituents is 1. The third-order valence-electron chi connectivity index (χ3n) is 5.69. The number of nitrogens with one attached hydrogen (secondary N) is 3. The first-order chi connectivity index (χ1) is 19.5. The van der Waals surface area contributed by atoms with Crippen molar-refractivity contribution in [1.82, 2.24) is 15.0 Å². The van der Waals surface area contributed by atoms with Crippen molar-refractivity contribution in [3.8, 4) is 5.75 Å². The number of para-hydroxylation sites is 2. The molecule has 0 spiro atoms. The number of rotatable bonds is 10. The normalized spacial score (nSPS) is 10.8. The van der Waals surface area contributed by atoms with Gasteiger partial charge >= 0.3 is 5.69 Å². The maximum Gasteiger partial charge on any atom is 0.311 e. The molecule has 0 bridgehead atoms. The van der Waals surface area contributed by atoms with E-state index in [0.717, 1.165) is 16.9 Å². The fourth-order valence-electron chi connectivity index (χ4n) is 3.87. The Kier molecular flexibility index (Phi) is 7.83. The predicted octanol–water partition coefficient (Wildman–Crippen LogP) is 6.01. The number of aromatic hydroxyl groups is 1. The highest BCUT2D eigenvalue weighted by Crippen LogP contribution is 2.31. The van der Waals surface area contributed by atoms with Crippen molar-refractivity contribution in [2.24, 2.45) is 5.10 Å². The molecule has 0 saturated carbocycles. The summed E-state index contributed by atoms with van der Waals surface area (Å²) in [5.41, 5.74) is 5.70. The second-order valence-electron chi connectivity index (χ2n) is 8.63. The van der Waals surface area contributed by atoms with Crippen LogP contribution in [-0.4, -0.2) is 31.2 Å². The molecule has 0 aliphatic carbocycles. The topological polar surface area (TPSA) is 150 Å². The Morgan fingerprint density at radius 1 is 0.750 bits per heavy atom. The Bertz CT molecular complexity index is 1570. The van der Waals surface area contributed by atoms with Gasteiger partial charge in [-0.05, 0) is 47.9 Å². The van der Waals surface area contributed by atoms with Gasteiger partial charge in [-0.2, -0.15) is 20.1 Å². The molecular formula is C29H24N8O3. The van der Waals surface area contributed by atoms with Crippen LogP contribution in [0.2, 0.25) is 0 Å². The molecule has 40 heavy (non-hydrogen) atoms. The number of nitrogens with zero attached hydrogens (tertiary/aromatic N) is 5. The van der Waals surface area contributed by atoms with E-state index in [4.69, 9.17) is 0 Å². The fourth-order valence-corrected chi connectivity index (χ4v) is 3.87. The molecular weight excluding hydrogens is 508 g/mol. The van der Waals surface area contributed by atoms with E-state index in [-0.39, 0.29) is 23.4 Å². The highest BCUT2D eigenvalue weighted by atomic mass is 16.6. The summed E-state index contributed by atoms with van der Waals surface area (Å²) >= 11 is 0. The average Bonchev–Trinajstić information content (AvgIpc) is 2.96. The number of aromatic nitrogens is 3. The summed E-state index contributed by atoms with van der Waals surface area (Å²) in [4.78, 5) is 24.2. The molecule has 4 N–H and O–H groups in total. The van der Waals surface area contributed by atoms with Crippen molar-refractivity contribution < 1.29 is 10.0 Å². The molecule has 0 unspecified atom stereocenters. The lowest BCUT2D eigenvalue weighted by Crippen LogP contribution is -2.07. The first-order valence-corrected chi connectivity index (χ1v) is 12.3.